The standard InChI is InChI=1S/C20H13ClN4/c21-15-9-3-1-7-13(15)19-22-16-10-4-2-8-14(16)18-20(24-19)25-12-6-5-11-17(25)23-18/h1-12H,(H,22,24). The Hall–Kier alpha value is -3.11. The van der Waals surface area contributed by atoms with E-state index in [4.69, 9.17) is 21.6 Å². The van der Waals surface area contributed by atoms with Crippen molar-refractivity contribution in [2.24, 2.45) is 4.99 Å². The fourth-order valence-corrected chi connectivity index (χ4v) is 3.34. The van der Waals surface area contributed by atoms with Crippen LogP contribution in [0.3, 0.4) is 0 Å². The molecule has 25 heavy (non-hydrogen) atoms. The van der Waals surface area contributed by atoms with Crippen molar-refractivity contribution in [3.05, 3.63) is 83.5 Å². The number of para-hydroxylation sites is 1. The lowest BCUT2D eigenvalue weighted by Crippen LogP contribution is -2.13. The summed E-state index contributed by atoms with van der Waals surface area (Å²) in [6, 6.07) is 21.7. The minimum atomic E-state index is 0.656. The monoisotopic (exact) mass is 344 g/mol. The van der Waals surface area contributed by atoms with Crippen LogP contribution in [-0.4, -0.2) is 15.2 Å². The maximum Gasteiger partial charge on any atom is 0.167 e. The summed E-state index contributed by atoms with van der Waals surface area (Å²) in [6.45, 7) is 0. The van der Waals surface area contributed by atoms with Crippen LogP contribution in [0.5, 0.6) is 0 Å². The molecule has 120 valence electrons. The summed E-state index contributed by atoms with van der Waals surface area (Å²) in [5, 5.41) is 4.08. The summed E-state index contributed by atoms with van der Waals surface area (Å²) in [5.41, 5.74) is 4.57. The van der Waals surface area contributed by atoms with Gasteiger partial charge in [-0.05, 0) is 30.3 Å². The van der Waals surface area contributed by atoms with Gasteiger partial charge >= 0.3 is 0 Å². The van der Waals surface area contributed by atoms with E-state index < -0.39 is 0 Å². The number of fused-ring (bicyclic) bond motifs is 5. The Balaban J connectivity index is 1.86. The van der Waals surface area contributed by atoms with Gasteiger partial charge in [0.15, 0.2) is 5.82 Å². The van der Waals surface area contributed by atoms with E-state index in [0.717, 1.165) is 34.0 Å². The molecule has 1 aliphatic heterocycles. The summed E-state index contributed by atoms with van der Waals surface area (Å²) in [6.07, 6.45) is 1.98. The molecule has 0 unspecified atom stereocenters. The topological polar surface area (TPSA) is 41.7 Å². The summed E-state index contributed by atoms with van der Waals surface area (Å²) in [4.78, 5) is 9.68. The predicted molar refractivity (Wildman–Crippen MR) is 102 cm³/mol. The van der Waals surface area contributed by atoms with Gasteiger partial charge in [-0.25, -0.2) is 9.98 Å². The van der Waals surface area contributed by atoms with Gasteiger partial charge in [-0.2, -0.15) is 0 Å². The normalized spacial score (nSPS) is 12.8. The van der Waals surface area contributed by atoms with Crippen LogP contribution >= 0.6 is 11.6 Å². The lowest BCUT2D eigenvalue weighted by molar-refractivity contribution is 1.17. The van der Waals surface area contributed by atoms with Gasteiger partial charge in [-0.15, -0.1) is 0 Å². The molecule has 4 nitrogen and oxygen atoms in total. The molecular formula is C20H13ClN4. The molecule has 1 N–H and O–H groups in total. The Morgan fingerprint density at radius 1 is 0.840 bits per heavy atom. The zero-order valence-corrected chi connectivity index (χ0v) is 13.9. The third-order valence-corrected chi connectivity index (χ3v) is 4.62. The average molecular weight is 345 g/mol. The number of hydrogen-bond donors (Lipinski definition) is 1. The highest BCUT2D eigenvalue weighted by atomic mass is 35.5. The molecule has 5 rings (SSSR count). The maximum absolute atomic E-state index is 6.41. The highest BCUT2D eigenvalue weighted by Gasteiger charge is 2.22. The number of halogens is 1. The van der Waals surface area contributed by atoms with Crippen molar-refractivity contribution < 1.29 is 0 Å². The van der Waals surface area contributed by atoms with E-state index in [9.17, 15) is 0 Å². The molecule has 4 aromatic rings. The lowest BCUT2D eigenvalue weighted by Gasteiger charge is -2.11. The first-order valence-corrected chi connectivity index (χ1v) is 8.36. The number of amidine groups is 1. The largest absolute Gasteiger partial charge is 0.339 e. The fourth-order valence-electron chi connectivity index (χ4n) is 3.11. The van der Waals surface area contributed by atoms with Gasteiger partial charge in [-0.1, -0.05) is 48.0 Å². The number of nitrogens with one attached hydrogen (secondary N) is 1. The van der Waals surface area contributed by atoms with E-state index in [0.29, 0.717) is 10.9 Å². The van der Waals surface area contributed by atoms with Crippen molar-refractivity contribution in [3.8, 4) is 11.3 Å². The maximum atomic E-state index is 6.41. The molecule has 0 radical (unpaired) electrons. The first-order valence-electron chi connectivity index (χ1n) is 7.98. The first kappa shape index (κ1) is 14.3. The zero-order valence-electron chi connectivity index (χ0n) is 13.1. The highest BCUT2D eigenvalue weighted by molar-refractivity contribution is 6.35. The Labute approximate surface area is 149 Å². The molecule has 1 aliphatic rings. The minimum absolute atomic E-state index is 0.656. The third kappa shape index (κ3) is 2.22. The molecular weight excluding hydrogens is 332 g/mol. The van der Waals surface area contributed by atoms with Gasteiger partial charge in [-0.3, -0.25) is 4.40 Å². The third-order valence-electron chi connectivity index (χ3n) is 4.29. The second kappa shape index (κ2) is 5.46. The van der Waals surface area contributed by atoms with Crippen LogP contribution in [0.2, 0.25) is 5.02 Å². The van der Waals surface area contributed by atoms with Gasteiger partial charge in [0, 0.05) is 23.0 Å². The molecule has 0 saturated heterocycles. The van der Waals surface area contributed by atoms with Gasteiger partial charge in [0.1, 0.15) is 17.2 Å². The van der Waals surface area contributed by atoms with E-state index in [1.54, 1.807) is 0 Å². The number of imidazole rings is 1. The minimum Gasteiger partial charge on any atom is -0.339 e. The quantitative estimate of drug-likeness (QED) is 0.518. The summed E-state index contributed by atoms with van der Waals surface area (Å²) in [7, 11) is 0. The SMILES string of the molecule is Clc1ccccc1C1=Nc2c(nc3ccccn23)-c2ccccc2N1. The molecule has 2 aromatic heterocycles. The fraction of sp³-hybridized carbons (Fsp3) is 0. The van der Waals surface area contributed by atoms with Crippen LogP contribution < -0.4 is 5.32 Å². The highest BCUT2D eigenvalue weighted by Crippen LogP contribution is 2.38. The number of aromatic nitrogens is 2. The average Bonchev–Trinajstić information content (AvgIpc) is 2.92. The number of hydrogen-bond acceptors (Lipinski definition) is 3. The second-order valence-corrected chi connectivity index (χ2v) is 6.23. The van der Waals surface area contributed by atoms with Crippen molar-refractivity contribution in [3.63, 3.8) is 0 Å². The van der Waals surface area contributed by atoms with Crippen molar-refractivity contribution in [1.29, 1.82) is 0 Å². The number of rotatable bonds is 1. The zero-order chi connectivity index (χ0) is 16.8. The van der Waals surface area contributed by atoms with E-state index >= 15 is 0 Å². The Bertz CT molecular complexity index is 1140. The van der Waals surface area contributed by atoms with Crippen LogP contribution in [0, 0.1) is 0 Å². The smallest absolute Gasteiger partial charge is 0.167 e. The van der Waals surface area contributed by atoms with Crippen LogP contribution in [0.1, 0.15) is 5.56 Å². The molecule has 2 aromatic carbocycles. The summed E-state index contributed by atoms with van der Waals surface area (Å²) >= 11 is 6.41. The van der Waals surface area contributed by atoms with Crippen molar-refractivity contribution in [2.75, 3.05) is 5.32 Å². The molecule has 0 saturated carbocycles. The number of pyridine rings is 1. The Morgan fingerprint density at radius 3 is 2.48 bits per heavy atom. The molecule has 0 aliphatic carbocycles. The number of anilines is 1. The van der Waals surface area contributed by atoms with Crippen LogP contribution in [0.15, 0.2) is 77.9 Å². The Kier molecular flexibility index (Phi) is 3.11. The summed E-state index contributed by atoms with van der Waals surface area (Å²) < 4.78 is 2.00. The molecule has 0 amide bonds. The van der Waals surface area contributed by atoms with Gasteiger partial charge in [0.05, 0.1) is 5.02 Å². The van der Waals surface area contributed by atoms with Gasteiger partial charge in [0.2, 0.25) is 0 Å². The van der Waals surface area contributed by atoms with E-state index in [1.807, 2.05) is 71.3 Å². The van der Waals surface area contributed by atoms with E-state index in [-0.39, 0.29) is 0 Å². The number of nitrogens with zero attached hydrogens (tertiary/aromatic N) is 3. The molecule has 0 spiro atoms. The molecule has 3 heterocycles. The second-order valence-electron chi connectivity index (χ2n) is 5.82. The first-order chi connectivity index (χ1) is 12.3. The summed E-state index contributed by atoms with van der Waals surface area (Å²) in [5.74, 6) is 1.51. The van der Waals surface area contributed by atoms with E-state index in [1.165, 1.54) is 0 Å². The van der Waals surface area contributed by atoms with Crippen molar-refractivity contribution in [2.45, 2.75) is 0 Å². The lowest BCUT2D eigenvalue weighted by atomic mass is 10.1. The molecule has 0 fully saturated rings. The molecule has 0 atom stereocenters. The van der Waals surface area contributed by atoms with E-state index in [2.05, 4.69) is 11.4 Å². The van der Waals surface area contributed by atoms with Crippen LogP contribution in [0.25, 0.3) is 16.9 Å². The number of aliphatic imine (C=N–C) groups is 1. The predicted octanol–water partition coefficient (Wildman–Crippen LogP) is 5.16. The molecule has 5 heteroatoms. The number of benzene rings is 2. The molecule has 0 bridgehead atoms. The van der Waals surface area contributed by atoms with Crippen molar-refractivity contribution >= 4 is 34.6 Å². The Morgan fingerprint density at radius 2 is 1.60 bits per heavy atom. The van der Waals surface area contributed by atoms with Crippen LogP contribution in [0.4, 0.5) is 11.5 Å². The van der Waals surface area contributed by atoms with Gasteiger partial charge in [0.25, 0.3) is 0 Å². The van der Waals surface area contributed by atoms with Crippen LogP contribution in [-0.2, 0) is 0 Å². The van der Waals surface area contributed by atoms with Gasteiger partial charge < -0.3 is 5.32 Å². The van der Waals surface area contributed by atoms with Crippen molar-refractivity contribution in [1.82, 2.24) is 9.38 Å².